The van der Waals surface area contributed by atoms with Crippen LogP contribution in [0.3, 0.4) is 0 Å². The summed E-state index contributed by atoms with van der Waals surface area (Å²) in [7, 11) is 1.56. The molecule has 0 bridgehead atoms. The first kappa shape index (κ1) is 9.84. The summed E-state index contributed by atoms with van der Waals surface area (Å²) >= 11 is 0. The second-order valence-electron chi connectivity index (χ2n) is 3.10. The summed E-state index contributed by atoms with van der Waals surface area (Å²) in [5.41, 5.74) is 0.757. The molecule has 1 aromatic rings. The molecule has 0 saturated carbocycles. The normalized spacial score (nSPS) is 10.2. The molecule has 0 fully saturated rings. The lowest BCUT2D eigenvalue weighted by atomic mass is 10.0. The van der Waals surface area contributed by atoms with Gasteiger partial charge in [0.05, 0.1) is 7.11 Å². The summed E-state index contributed by atoms with van der Waals surface area (Å²) < 4.78 is 17.2. The molecule has 0 aliphatic rings. The van der Waals surface area contributed by atoms with Gasteiger partial charge in [0.15, 0.2) is 5.75 Å². The van der Waals surface area contributed by atoms with Crippen molar-refractivity contribution >= 4 is 0 Å². The predicted molar refractivity (Wildman–Crippen MR) is 48.8 cm³/mol. The average Bonchev–Trinajstić information content (AvgIpc) is 2.16. The van der Waals surface area contributed by atoms with Gasteiger partial charge in [0.2, 0.25) is 0 Å². The van der Waals surface area contributed by atoms with E-state index < -0.39 is 0 Å². The van der Waals surface area contributed by atoms with Gasteiger partial charge < -0.3 is 4.74 Å². The molecule has 13 heavy (non-hydrogen) atoms. The Kier molecular flexibility index (Phi) is 3.12. The molecule has 0 N–H and O–H groups in total. The molecule has 0 radical (unpaired) electrons. The molecule has 3 heteroatoms. The Morgan fingerprint density at radius 3 is 2.31 bits per heavy atom. The van der Waals surface area contributed by atoms with Crippen LogP contribution in [-0.2, 0) is 0 Å². The second kappa shape index (κ2) is 4.12. The van der Waals surface area contributed by atoms with Crippen molar-refractivity contribution in [1.29, 1.82) is 0 Å². The number of hydrogen-bond donors (Lipinski definition) is 0. The van der Waals surface area contributed by atoms with Crippen LogP contribution in [0.15, 0.2) is 18.2 Å². The van der Waals surface area contributed by atoms with Crippen LogP contribution < -0.4 is 9.68 Å². The van der Waals surface area contributed by atoms with Crippen molar-refractivity contribution < 1.29 is 14.2 Å². The van der Waals surface area contributed by atoms with Crippen molar-refractivity contribution in [1.82, 2.24) is 0 Å². The Labute approximate surface area is 77.2 Å². The van der Waals surface area contributed by atoms with Crippen LogP contribution in [0.5, 0.6) is 11.5 Å². The minimum Gasteiger partial charge on any atom is -0.496 e. The van der Waals surface area contributed by atoms with E-state index in [-0.39, 0.29) is 11.7 Å². The van der Waals surface area contributed by atoms with Crippen molar-refractivity contribution in [2.24, 2.45) is 0 Å². The van der Waals surface area contributed by atoms with E-state index in [1.807, 2.05) is 13.8 Å². The quantitative estimate of drug-likeness (QED) is 0.718. The highest BCUT2D eigenvalue weighted by Gasteiger charge is 2.14. The lowest BCUT2D eigenvalue weighted by Gasteiger charge is -2.13. The van der Waals surface area contributed by atoms with E-state index in [0.717, 1.165) is 5.56 Å². The summed E-state index contributed by atoms with van der Waals surface area (Å²) in [5.74, 6) is 1.06. The minimum atomic E-state index is 0.168. The standard InChI is InChI=1S/C10H13FO2/c1-7(2)10-8(12-3)5-4-6-9(10)13-11/h4-7H,1-3H3. The summed E-state index contributed by atoms with van der Waals surface area (Å²) in [6.07, 6.45) is 0. The van der Waals surface area contributed by atoms with Crippen LogP contribution in [0.4, 0.5) is 4.53 Å². The highest BCUT2D eigenvalue weighted by molar-refractivity contribution is 5.46. The van der Waals surface area contributed by atoms with Crippen molar-refractivity contribution in [3.8, 4) is 11.5 Å². The van der Waals surface area contributed by atoms with E-state index in [1.54, 1.807) is 25.3 Å². The van der Waals surface area contributed by atoms with Crippen LogP contribution in [0.25, 0.3) is 0 Å². The maximum atomic E-state index is 12.1. The number of benzene rings is 1. The summed E-state index contributed by atoms with van der Waals surface area (Å²) in [6.45, 7) is 3.92. The maximum Gasteiger partial charge on any atom is 0.179 e. The summed E-state index contributed by atoms with van der Waals surface area (Å²) in [4.78, 5) is 3.77. The van der Waals surface area contributed by atoms with E-state index in [4.69, 9.17) is 4.74 Å². The van der Waals surface area contributed by atoms with E-state index in [9.17, 15) is 4.53 Å². The first-order valence-corrected chi connectivity index (χ1v) is 4.16. The van der Waals surface area contributed by atoms with Crippen molar-refractivity contribution in [2.75, 3.05) is 7.11 Å². The lowest BCUT2D eigenvalue weighted by molar-refractivity contribution is -0.00786. The molecule has 72 valence electrons. The summed E-state index contributed by atoms with van der Waals surface area (Å²) in [6, 6.07) is 5.06. The Morgan fingerprint density at radius 2 is 1.85 bits per heavy atom. The number of methoxy groups -OCH3 is 1. The van der Waals surface area contributed by atoms with Gasteiger partial charge in [0.1, 0.15) is 5.75 Å². The van der Waals surface area contributed by atoms with Gasteiger partial charge >= 0.3 is 0 Å². The Bertz CT molecular complexity index is 262. The monoisotopic (exact) mass is 184 g/mol. The molecule has 0 atom stereocenters. The molecular formula is C10H13FO2. The van der Waals surface area contributed by atoms with E-state index in [0.29, 0.717) is 5.75 Å². The average molecular weight is 184 g/mol. The topological polar surface area (TPSA) is 18.5 Å². The molecule has 0 spiro atoms. The van der Waals surface area contributed by atoms with Crippen LogP contribution in [0.1, 0.15) is 25.3 Å². The lowest BCUT2D eigenvalue weighted by Crippen LogP contribution is -1.96. The summed E-state index contributed by atoms with van der Waals surface area (Å²) in [5, 5.41) is 0. The third-order valence-corrected chi connectivity index (χ3v) is 1.91. The third kappa shape index (κ3) is 1.91. The zero-order valence-electron chi connectivity index (χ0n) is 8.00. The van der Waals surface area contributed by atoms with Gasteiger partial charge in [-0.25, -0.2) is 0 Å². The largest absolute Gasteiger partial charge is 0.496 e. The van der Waals surface area contributed by atoms with Gasteiger partial charge in [0.25, 0.3) is 0 Å². The molecule has 0 unspecified atom stereocenters. The molecular weight excluding hydrogens is 171 g/mol. The van der Waals surface area contributed by atoms with Gasteiger partial charge in [-0.15, -0.1) is 0 Å². The van der Waals surface area contributed by atoms with E-state index in [1.165, 1.54) is 0 Å². The molecule has 0 aliphatic carbocycles. The smallest absolute Gasteiger partial charge is 0.179 e. The molecule has 0 aromatic heterocycles. The van der Waals surface area contributed by atoms with Crippen LogP contribution >= 0.6 is 0 Å². The highest BCUT2D eigenvalue weighted by atomic mass is 19.3. The van der Waals surface area contributed by atoms with Gasteiger partial charge in [-0.3, -0.25) is 4.94 Å². The van der Waals surface area contributed by atoms with Gasteiger partial charge in [0, 0.05) is 10.1 Å². The third-order valence-electron chi connectivity index (χ3n) is 1.91. The second-order valence-corrected chi connectivity index (χ2v) is 3.10. The van der Waals surface area contributed by atoms with Crippen LogP contribution in [-0.4, -0.2) is 7.11 Å². The fraction of sp³-hybridized carbons (Fsp3) is 0.400. The molecule has 0 aliphatic heterocycles. The zero-order valence-corrected chi connectivity index (χ0v) is 8.00. The number of ether oxygens (including phenoxy) is 1. The van der Waals surface area contributed by atoms with Crippen LogP contribution in [0, 0.1) is 0 Å². The first-order valence-electron chi connectivity index (χ1n) is 4.16. The number of halogens is 1. The van der Waals surface area contributed by atoms with Gasteiger partial charge in [-0.2, -0.15) is 0 Å². The van der Waals surface area contributed by atoms with Crippen molar-refractivity contribution in [3.05, 3.63) is 23.8 Å². The minimum absolute atomic E-state index is 0.168. The number of rotatable bonds is 3. The van der Waals surface area contributed by atoms with Gasteiger partial charge in [-0.05, 0) is 18.1 Å². The fourth-order valence-electron chi connectivity index (χ4n) is 1.34. The van der Waals surface area contributed by atoms with E-state index in [2.05, 4.69) is 4.94 Å². The molecule has 2 nitrogen and oxygen atoms in total. The SMILES string of the molecule is COc1cccc(OF)c1C(C)C. The van der Waals surface area contributed by atoms with Crippen molar-refractivity contribution in [3.63, 3.8) is 0 Å². The molecule has 0 heterocycles. The van der Waals surface area contributed by atoms with Crippen molar-refractivity contribution in [2.45, 2.75) is 19.8 Å². The molecule has 1 aromatic carbocycles. The predicted octanol–water partition coefficient (Wildman–Crippen LogP) is 3.08. The highest BCUT2D eigenvalue weighted by Crippen LogP contribution is 2.34. The molecule has 0 saturated heterocycles. The fourth-order valence-corrected chi connectivity index (χ4v) is 1.34. The first-order chi connectivity index (χ1) is 6.20. The molecule has 1 rings (SSSR count). The molecule has 0 amide bonds. The van der Waals surface area contributed by atoms with Gasteiger partial charge in [-0.1, -0.05) is 19.9 Å². The Balaban J connectivity index is 3.21. The maximum absolute atomic E-state index is 12.1. The Morgan fingerprint density at radius 1 is 1.23 bits per heavy atom. The van der Waals surface area contributed by atoms with Crippen LogP contribution in [0.2, 0.25) is 0 Å². The Hall–Kier alpha value is -1.25. The zero-order chi connectivity index (χ0) is 9.84. The number of hydrogen-bond acceptors (Lipinski definition) is 2. The van der Waals surface area contributed by atoms with E-state index >= 15 is 0 Å².